The number of nitrogens with one attached hydrogen (secondary N) is 1. The second-order valence-electron chi connectivity index (χ2n) is 6.81. The van der Waals surface area contributed by atoms with Crippen LogP contribution in [-0.2, 0) is 27.7 Å². The summed E-state index contributed by atoms with van der Waals surface area (Å²) in [6.45, 7) is 4.00. The maximum atomic E-state index is 12.6. The summed E-state index contributed by atoms with van der Waals surface area (Å²) in [7, 11) is -3.41. The normalized spacial score (nSPS) is 16.2. The summed E-state index contributed by atoms with van der Waals surface area (Å²) in [5.74, 6) is -0.258. The molecule has 1 aliphatic rings. The number of carbonyl (C=O) groups excluding carboxylic acids is 1. The first-order valence-electron chi connectivity index (χ1n) is 9.24. The molecule has 1 saturated carbocycles. The first-order valence-corrected chi connectivity index (χ1v) is 11.1. The Morgan fingerprint density at radius 3 is 2.16 bits per heavy atom. The molecule has 0 aromatic heterocycles. The van der Waals surface area contributed by atoms with Gasteiger partial charge in [0, 0.05) is 11.7 Å². The fourth-order valence-electron chi connectivity index (χ4n) is 3.61. The standard InChI is InChI=1S/C19H30N2O3S/c1-4-15-10-9-11-16(5-2)19(15)20-18(22)14-21(25(3,23)24)17-12-7-6-8-13-17/h9-11,17H,4-8,12-14H2,1-3H3,(H,20,22). The molecule has 25 heavy (non-hydrogen) atoms. The third-order valence-electron chi connectivity index (χ3n) is 4.97. The lowest BCUT2D eigenvalue weighted by Gasteiger charge is -2.32. The number of amides is 1. The molecular formula is C19H30N2O3S. The van der Waals surface area contributed by atoms with Gasteiger partial charge in [0.15, 0.2) is 0 Å². The minimum Gasteiger partial charge on any atom is -0.324 e. The zero-order valence-electron chi connectivity index (χ0n) is 15.5. The average molecular weight is 367 g/mol. The van der Waals surface area contributed by atoms with Crippen LogP contribution < -0.4 is 5.32 Å². The van der Waals surface area contributed by atoms with Crippen molar-refractivity contribution in [3.05, 3.63) is 29.3 Å². The van der Waals surface area contributed by atoms with Crippen molar-refractivity contribution in [1.82, 2.24) is 4.31 Å². The lowest BCUT2D eigenvalue weighted by Crippen LogP contribution is -2.45. The molecule has 0 aliphatic heterocycles. The van der Waals surface area contributed by atoms with E-state index < -0.39 is 10.0 Å². The van der Waals surface area contributed by atoms with Crippen LogP contribution in [0.25, 0.3) is 0 Å². The highest BCUT2D eigenvalue weighted by molar-refractivity contribution is 7.88. The summed E-state index contributed by atoms with van der Waals surface area (Å²) in [6.07, 6.45) is 7.71. The molecule has 0 heterocycles. The summed E-state index contributed by atoms with van der Waals surface area (Å²) in [5.41, 5.74) is 3.00. The van der Waals surface area contributed by atoms with Crippen LogP contribution in [0, 0.1) is 0 Å². The summed E-state index contributed by atoms with van der Waals surface area (Å²) in [6, 6.07) is 5.95. The second-order valence-corrected chi connectivity index (χ2v) is 8.74. The summed E-state index contributed by atoms with van der Waals surface area (Å²) < 4.78 is 25.8. The average Bonchev–Trinajstić information content (AvgIpc) is 2.59. The van der Waals surface area contributed by atoms with Crippen LogP contribution >= 0.6 is 0 Å². The van der Waals surface area contributed by atoms with Gasteiger partial charge in [0.05, 0.1) is 12.8 Å². The molecule has 0 unspecified atom stereocenters. The molecule has 1 aliphatic carbocycles. The van der Waals surface area contributed by atoms with Gasteiger partial charge in [0.25, 0.3) is 0 Å². The number of hydrogen-bond acceptors (Lipinski definition) is 3. The fraction of sp³-hybridized carbons (Fsp3) is 0.632. The van der Waals surface area contributed by atoms with E-state index in [9.17, 15) is 13.2 Å². The van der Waals surface area contributed by atoms with Crippen LogP contribution in [0.4, 0.5) is 5.69 Å². The third kappa shape index (κ3) is 5.28. The van der Waals surface area contributed by atoms with Gasteiger partial charge in [-0.15, -0.1) is 0 Å². The molecule has 2 rings (SSSR count). The Balaban J connectivity index is 2.17. The number of rotatable bonds is 7. The van der Waals surface area contributed by atoms with Crippen LogP contribution in [0.1, 0.15) is 57.1 Å². The van der Waals surface area contributed by atoms with Gasteiger partial charge in [-0.3, -0.25) is 4.79 Å². The molecule has 0 bridgehead atoms. The molecule has 1 N–H and O–H groups in total. The van der Waals surface area contributed by atoms with Gasteiger partial charge < -0.3 is 5.32 Å². The van der Waals surface area contributed by atoms with Crippen molar-refractivity contribution >= 4 is 21.6 Å². The Kier molecular flexibility index (Phi) is 7.02. The zero-order valence-corrected chi connectivity index (χ0v) is 16.4. The van der Waals surface area contributed by atoms with E-state index in [0.717, 1.165) is 61.8 Å². The van der Waals surface area contributed by atoms with Crippen LogP contribution in [0.3, 0.4) is 0 Å². The van der Waals surface area contributed by atoms with Gasteiger partial charge in [0.2, 0.25) is 15.9 Å². The Morgan fingerprint density at radius 1 is 1.12 bits per heavy atom. The van der Waals surface area contributed by atoms with E-state index in [4.69, 9.17) is 0 Å². The summed E-state index contributed by atoms with van der Waals surface area (Å²) in [5, 5.41) is 2.98. The first-order chi connectivity index (χ1) is 11.9. The number of hydrogen-bond donors (Lipinski definition) is 1. The molecule has 0 saturated heterocycles. The second kappa shape index (κ2) is 8.81. The molecule has 1 amide bonds. The number of anilines is 1. The Morgan fingerprint density at radius 2 is 1.68 bits per heavy atom. The van der Waals surface area contributed by atoms with Gasteiger partial charge in [-0.1, -0.05) is 51.3 Å². The van der Waals surface area contributed by atoms with Crippen LogP contribution in [0.5, 0.6) is 0 Å². The number of nitrogens with zero attached hydrogens (tertiary/aromatic N) is 1. The molecule has 0 spiro atoms. The van der Waals surface area contributed by atoms with E-state index >= 15 is 0 Å². The van der Waals surface area contributed by atoms with Gasteiger partial charge in [0.1, 0.15) is 0 Å². The molecule has 1 aromatic carbocycles. The maximum absolute atomic E-state index is 12.6. The highest BCUT2D eigenvalue weighted by Crippen LogP contribution is 2.25. The van der Waals surface area contributed by atoms with E-state index in [1.807, 2.05) is 18.2 Å². The molecule has 1 fully saturated rings. The van der Waals surface area contributed by atoms with Crippen molar-refractivity contribution in [2.24, 2.45) is 0 Å². The van der Waals surface area contributed by atoms with Crippen molar-refractivity contribution in [3.63, 3.8) is 0 Å². The Bertz CT molecular complexity index is 672. The van der Waals surface area contributed by atoms with Crippen LogP contribution in [0.2, 0.25) is 0 Å². The lowest BCUT2D eigenvalue weighted by molar-refractivity contribution is -0.116. The van der Waals surface area contributed by atoms with E-state index in [1.165, 1.54) is 10.6 Å². The number of aryl methyl sites for hydroxylation is 2. The fourth-order valence-corrected chi connectivity index (χ4v) is 4.71. The zero-order chi connectivity index (χ0) is 18.4. The van der Waals surface area contributed by atoms with E-state index in [2.05, 4.69) is 19.2 Å². The van der Waals surface area contributed by atoms with Crippen molar-refractivity contribution in [2.45, 2.75) is 64.8 Å². The molecule has 6 heteroatoms. The summed E-state index contributed by atoms with van der Waals surface area (Å²) >= 11 is 0. The lowest BCUT2D eigenvalue weighted by atomic mass is 9.95. The minimum atomic E-state index is -3.41. The topological polar surface area (TPSA) is 66.5 Å². The highest BCUT2D eigenvalue weighted by atomic mass is 32.2. The molecule has 1 aromatic rings. The van der Waals surface area contributed by atoms with Crippen molar-refractivity contribution < 1.29 is 13.2 Å². The predicted octanol–water partition coefficient (Wildman–Crippen LogP) is 3.34. The molecule has 5 nitrogen and oxygen atoms in total. The largest absolute Gasteiger partial charge is 0.324 e. The van der Waals surface area contributed by atoms with Crippen LogP contribution in [-0.4, -0.2) is 37.5 Å². The predicted molar refractivity (Wildman–Crippen MR) is 102 cm³/mol. The maximum Gasteiger partial charge on any atom is 0.239 e. The third-order valence-corrected chi connectivity index (χ3v) is 6.25. The SMILES string of the molecule is CCc1cccc(CC)c1NC(=O)CN(C1CCCCC1)S(C)(=O)=O. The van der Waals surface area contributed by atoms with E-state index in [0.29, 0.717) is 0 Å². The Labute approximate surface area is 151 Å². The van der Waals surface area contributed by atoms with Gasteiger partial charge >= 0.3 is 0 Å². The molecule has 0 radical (unpaired) electrons. The van der Waals surface area contributed by atoms with Gasteiger partial charge in [-0.25, -0.2) is 8.42 Å². The van der Waals surface area contributed by atoms with Crippen molar-refractivity contribution in [2.75, 3.05) is 18.1 Å². The van der Waals surface area contributed by atoms with E-state index in [1.54, 1.807) is 0 Å². The van der Waals surface area contributed by atoms with Crippen molar-refractivity contribution in [3.8, 4) is 0 Å². The molecule has 140 valence electrons. The first kappa shape index (κ1) is 19.9. The van der Waals surface area contributed by atoms with Crippen molar-refractivity contribution in [1.29, 1.82) is 0 Å². The van der Waals surface area contributed by atoms with Gasteiger partial charge in [-0.05, 0) is 36.8 Å². The molecule has 0 atom stereocenters. The summed E-state index contributed by atoms with van der Waals surface area (Å²) in [4.78, 5) is 12.6. The minimum absolute atomic E-state index is 0.0541. The number of benzene rings is 1. The monoisotopic (exact) mass is 366 g/mol. The number of para-hydroxylation sites is 1. The molecular weight excluding hydrogens is 336 g/mol. The number of sulfonamides is 1. The van der Waals surface area contributed by atoms with Gasteiger partial charge in [-0.2, -0.15) is 4.31 Å². The highest BCUT2D eigenvalue weighted by Gasteiger charge is 2.30. The number of carbonyl (C=O) groups is 1. The quantitative estimate of drug-likeness (QED) is 0.805. The van der Waals surface area contributed by atoms with Crippen LogP contribution in [0.15, 0.2) is 18.2 Å². The van der Waals surface area contributed by atoms with E-state index in [-0.39, 0.29) is 18.5 Å². The Hall–Kier alpha value is -1.40. The smallest absolute Gasteiger partial charge is 0.239 e.